The monoisotopic (exact) mass is 606 g/mol. The molecule has 0 spiro atoms. The average Bonchev–Trinajstić information content (AvgIpc) is 3.29. The van der Waals surface area contributed by atoms with E-state index in [4.69, 9.17) is 9.47 Å². The molecule has 2 amide bonds. The summed E-state index contributed by atoms with van der Waals surface area (Å²) in [6.45, 7) is 17.8. The molecule has 3 N–H and O–H groups in total. The molecular weight excluding hydrogens is 556 g/mol. The number of carbonyl (C=O) groups excluding carboxylic acids is 3. The summed E-state index contributed by atoms with van der Waals surface area (Å²) in [5, 5.41) is 5.56. The Morgan fingerprint density at radius 2 is 1.77 bits per heavy atom. The maximum Gasteiger partial charge on any atom is 0.408 e. The van der Waals surface area contributed by atoms with Crippen molar-refractivity contribution in [1.82, 2.24) is 20.7 Å². The van der Waals surface area contributed by atoms with E-state index in [0.29, 0.717) is 26.0 Å². The maximum atomic E-state index is 13.5. The number of aryl methyl sites for hydroxylation is 1. The van der Waals surface area contributed by atoms with Crippen LogP contribution in [0.25, 0.3) is 22.0 Å². The summed E-state index contributed by atoms with van der Waals surface area (Å²) < 4.78 is 10.6. The molecule has 1 aromatic heterocycles. The van der Waals surface area contributed by atoms with Gasteiger partial charge in [0.25, 0.3) is 12.4 Å². The number of H-pyrrole nitrogens is 1. The van der Waals surface area contributed by atoms with Gasteiger partial charge in [0.15, 0.2) is 0 Å². The van der Waals surface area contributed by atoms with Gasteiger partial charge in [-0.3, -0.25) is 14.6 Å². The highest BCUT2D eigenvalue weighted by Gasteiger charge is 2.29. The summed E-state index contributed by atoms with van der Waals surface area (Å²) in [5.74, 6) is -0.180. The van der Waals surface area contributed by atoms with Crippen molar-refractivity contribution in [2.45, 2.75) is 92.7 Å². The fourth-order valence-corrected chi connectivity index (χ4v) is 5.41. The number of hydrogen-bond donors (Lipinski definition) is 3. The normalized spacial score (nSPS) is 14.3. The Morgan fingerprint density at radius 3 is 2.43 bits per heavy atom. The van der Waals surface area contributed by atoms with Crippen LogP contribution in [0.15, 0.2) is 42.5 Å². The van der Waals surface area contributed by atoms with Crippen LogP contribution in [0.5, 0.6) is 0 Å². The molecule has 1 fully saturated rings. The molecule has 1 unspecified atom stereocenters. The Balaban J connectivity index is 0.00000259. The molecule has 44 heavy (non-hydrogen) atoms. The fourth-order valence-electron chi connectivity index (χ4n) is 5.41. The molecule has 0 radical (unpaired) electrons. The van der Waals surface area contributed by atoms with Gasteiger partial charge in [-0.25, -0.2) is 10.2 Å². The molecule has 1 saturated heterocycles. The van der Waals surface area contributed by atoms with Crippen LogP contribution < -0.4 is 10.7 Å². The van der Waals surface area contributed by atoms with Gasteiger partial charge in [0.2, 0.25) is 0 Å². The zero-order valence-electron chi connectivity index (χ0n) is 27.6. The van der Waals surface area contributed by atoms with E-state index in [1.807, 2.05) is 26.0 Å². The standard InChI is InChI=1S/C33H44N4O5.C2H6/c1-22-27(19-33(5,6)20-41-21-38)26-18-25(12-13-28(26)35-22)24-11-9-10-23(16-24)17-29(36-31(40)42-32(2,3)4)30(39)37-15-8-7-14-34-37;1-2/h9-13,16,18,21,29,34-35H,7-8,14-15,17,19-20H2,1-6H3,(H,36,40);1-2H3. The summed E-state index contributed by atoms with van der Waals surface area (Å²) in [4.78, 5) is 40.4. The van der Waals surface area contributed by atoms with Crippen LogP contribution in [0, 0.1) is 12.3 Å². The molecule has 3 aromatic rings. The Labute approximate surface area is 262 Å². The number of hydrogen-bond acceptors (Lipinski definition) is 6. The summed E-state index contributed by atoms with van der Waals surface area (Å²) >= 11 is 0. The lowest BCUT2D eigenvalue weighted by Gasteiger charge is -2.31. The Hall–Kier alpha value is -3.85. The fraction of sp³-hybridized carbons (Fsp3) is 0.514. The van der Waals surface area contributed by atoms with Crippen molar-refractivity contribution in [3.63, 3.8) is 0 Å². The van der Waals surface area contributed by atoms with Crippen molar-refractivity contribution in [1.29, 1.82) is 0 Å². The molecule has 1 aliphatic rings. The minimum absolute atomic E-state index is 0.180. The highest BCUT2D eigenvalue weighted by molar-refractivity contribution is 5.89. The van der Waals surface area contributed by atoms with E-state index in [1.165, 1.54) is 5.56 Å². The first-order chi connectivity index (χ1) is 20.8. The second-order valence-corrected chi connectivity index (χ2v) is 12.9. The summed E-state index contributed by atoms with van der Waals surface area (Å²) in [5.41, 5.74) is 8.60. The predicted molar refractivity (Wildman–Crippen MR) is 175 cm³/mol. The number of aromatic amines is 1. The van der Waals surface area contributed by atoms with Gasteiger partial charge in [0, 0.05) is 41.5 Å². The Kier molecular flexibility index (Phi) is 12.0. The molecule has 2 heterocycles. The molecule has 2 aromatic carbocycles. The molecule has 1 atom stereocenters. The van der Waals surface area contributed by atoms with Gasteiger partial charge in [-0.1, -0.05) is 58.0 Å². The van der Waals surface area contributed by atoms with Crippen molar-refractivity contribution in [2.24, 2.45) is 5.41 Å². The number of benzene rings is 2. The van der Waals surface area contributed by atoms with Gasteiger partial charge in [0.1, 0.15) is 11.6 Å². The van der Waals surface area contributed by atoms with Crippen LogP contribution >= 0.6 is 0 Å². The van der Waals surface area contributed by atoms with Gasteiger partial charge >= 0.3 is 6.09 Å². The lowest BCUT2D eigenvalue weighted by molar-refractivity contribution is -0.137. The molecule has 240 valence electrons. The van der Waals surface area contributed by atoms with Gasteiger partial charge in [-0.2, -0.15) is 0 Å². The molecule has 1 aliphatic heterocycles. The van der Waals surface area contributed by atoms with Crippen molar-refractivity contribution < 1.29 is 23.9 Å². The van der Waals surface area contributed by atoms with Crippen LogP contribution in [-0.2, 0) is 31.9 Å². The van der Waals surface area contributed by atoms with Crippen molar-refractivity contribution in [3.05, 3.63) is 59.3 Å². The topological polar surface area (TPSA) is 113 Å². The number of fused-ring (bicyclic) bond motifs is 1. The minimum Gasteiger partial charge on any atom is -0.467 e. The quantitative estimate of drug-likeness (QED) is 0.228. The number of amides is 2. The number of aromatic nitrogens is 1. The van der Waals surface area contributed by atoms with E-state index < -0.39 is 17.7 Å². The Morgan fingerprint density at radius 1 is 1.05 bits per heavy atom. The number of ether oxygens (including phenoxy) is 2. The highest BCUT2D eigenvalue weighted by atomic mass is 16.6. The van der Waals surface area contributed by atoms with Gasteiger partial charge in [0.05, 0.1) is 6.61 Å². The van der Waals surface area contributed by atoms with E-state index in [2.05, 4.69) is 66.8 Å². The number of alkyl carbamates (subject to hydrolysis) is 1. The second kappa shape index (κ2) is 15.2. The van der Waals surface area contributed by atoms with Crippen LogP contribution in [0.3, 0.4) is 0 Å². The third kappa shape index (κ3) is 9.58. The molecule has 0 aliphatic carbocycles. The molecule has 0 bridgehead atoms. The van der Waals surface area contributed by atoms with E-state index in [1.54, 1.807) is 25.8 Å². The summed E-state index contributed by atoms with van der Waals surface area (Å²) in [6, 6.07) is 13.7. The maximum absolute atomic E-state index is 13.5. The van der Waals surface area contributed by atoms with Gasteiger partial charge in [-0.05, 0) is 81.3 Å². The number of rotatable bonds is 10. The molecule has 4 rings (SSSR count). The van der Waals surface area contributed by atoms with Crippen LogP contribution in [0.4, 0.5) is 4.79 Å². The SMILES string of the molecule is CC.Cc1[nH]c2ccc(-c3cccc(CC(NC(=O)OC(C)(C)C)C(=O)N4CCCCN4)c3)cc2c1CC(C)(C)COC=O. The first-order valence-corrected chi connectivity index (χ1v) is 15.7. The van der Waals surface area contributed by atoms with E-state index in [9.17, 15) is 14.4 Å². The van der Waals surface area contributed by atoms with Gasteiger partial charge in [-0.15, -0.1) is 0 Å². The first kappa shape index (κ1) is 34.6. The largest absolute Gasteiger partial charge is 0.467 e. The minimum atomic E-state index is -0.780. The van der Waals surface area contributed by atoms with Crippen LogP contribution in [0.1, 0.15) is 78.1 Å². The molecule has 0 saturated carbocycles. The van der Waals surface area contributed by atoms with Crippen molar-refractivity contribution in [3.8, 4) is 11.1 Å². The zero-order chi connectivity index (χ0) is 32.5. The summed E-state index contributed by atoms with van der Waals surface area (Å²) in [6.07, 6.45) is 2.38. The van der Waals surface area contributed by atoms with Crippen molar-refractivity contribution >= 4 is 29.4 Å². The lowest BCUT2D eigenvalue weighted by Crippen LogP contribution is -2.56. The lowest BCUT2D eigenvalue weighted by atomic mass is 9.85. The number of nitrogens with one attached hydrogen (secondary N) is 3. The Bertz CT molecular complexity index is 1420. The van der Waals surface area contributed by atoms with Gasteiger partial charge < -0.3 is 19.8 Å². The average molecular weight is 607 g/mol. The highest BCUT2D eigenvalue weighted by Crippen LogP contribution is 2.33. The first-order valence-electron chi connectivity index (χ1n) is 15.7. The van der Waals surface area contributed by atoms with Crippen LogP contribution in [0.2, 0.25) is 0 Å². The van der Waals surface area contributed by atoms with Crippen LogP contribution in [-0.4, -0.2) is 59.8 Å². The smallest absolute Gasteiger partial charge is 0.408 e. The molecule has 9 nitrogen and oxygen atoms in total. The third-order valence-electron chi connectivity index (χ3n) is 7.38. The number of carbonyl (C=O) groups is 3. The van der Waals surface area contributed by atoms with E-state index >= 15 is 0 Å². The predicted octanol–water partition coefficient (Wildman–Crippen LogP) is 6.47. The zero-order valence-corrected chi connectivity index (χ0v) is 27.6. The number of nitrogens with zero attached hydrogens (tertiary/aromatic N) is 1. The number of hydrazine groups is 1. The van der Waals surface area contributed by atoms with E-state index in [0.717, 1.165) is 59.1 Å². The molecular formula is C35H50N4O5. The van der Waals surface area contributed by atoms with E-state index in [-0.39, 0.29) is 11.3 Å². The second-order valence-electron chi connectivity index (χ2n) is 12.9. The third-order valence-corrected chi connectivity index (χ3v) is 7.38. The molecule has 9 heteroatoms. The van der Waals surface area contributed by atoms with Crippen molar-refractivity contribution in [2.75, 3.05) is 19.7 Å². The summed E-state index contributed by atoms with van der Waals surface area (Å²) in [7, 11) is 0.